The van der Waals surface area contributed by atoms with Crippen LogP contribution in [-0.4, -0.2) is 36.0 Å². The van der Waals surface area contributed by atoms with E-state index in [2.05, 4.69) is 16.0 Å². The van der Waals surface area contributed by atoms with Crippen LogP contribution >= 0.6 is 0 Å². The molecule has 0 heterocycles. The molecule has 0 bridgehead atoms. The molecule has 2 atom stereocenters. The number of nitrogens with two attached hydrogens (primary N) is 1. The third kappa shape index (κ3) is 7.27. The van der Waals surface area contributed by atoms with E-state index in [1.54, 1.807) is 48.5 Å². The van der Waals surface area contributed by atoms with Crippen LogP contribution in [0.1, 0.15) is 19.4 Å². The molecule has 0 unspecified atom stereocenters. The number of urea groups is 1. The Hall–Kier alpha value is -3.88. The molecule has 0 spiro atoms. The molecule has 0 saturated carbocycles. The number of carbonyl (C=O) groups is 4. The molecule has 0 saturated heterocycles. The van der Waals surface area contributed by atoms with Crippen molar-refractivity contribution in [3.05, 3.63) is 60.2 Å². The molecular formula is C21H24N4O5. The third-order valence-electron chi connectivity index (χ3n) is 4.02. The van der Waals surface area contributed by atoms with Crippen molar-refractivity contribution in [2.45, 2.75) is 32.4 Å². The smallest absolute Gasteiger partial charge is 0.329 e. The van der Waals surface area contributed by atoms with E-state index in [1.165, 1.54) is 13.8 Å². The molecule has 5 N–H and O–H groups in total. The Kier molecular flexibility index (Phi) is 7.92. The van der Waals surface area contributed by atoms with Crippen molar-refractivity contribution < 1.29 is 23.9 Å². The maximum absolute atomic E-state index is 12.5. The number of hydrogen-bond acceptors (Lipinski definition) is 5. The molecule has 9 heteroatoms. The van der Waals surface area contributed by atoms with Crippen LogP contribution < -0.4 is 21.7 Å². The molecule has 0 aliphatic carbocycles. The Labute approximate surface area is 174 Å². The zero-order valence-corrected chi connectivity index (χ0v) is 16.7. The molecule has 30 heavy (non-hydrogen) atoms. The predicted octanol–water partition coefficient (Wildman–Crippen LogP) is 1.79. The van der Waals surface area contributed by atoms with E-state index in [9.17, 15) is 19.2 Å². The van der Waals surface area contributed by atoms with Crippen molar-refractivity contribution >= 4 is 35.2 Å². The lowest BCUT2D eigenvalue weighted by Crippen LogP contribution is -2.47. The standard InChI is InChI=1S/C21H24N4O5/c1-13(19(27)24-17-10-8-16(9-11-17)23-14(2)26)30-20(28)18(25-21(22)29)12-15-6-4-3-5-7-15/h3-11,13,18H,12H2,1-2H3,(H,23,26)(H,24,27)(H3,22,25,29)/t13-,18-/m0/s1. The molecule has 9 nitrogen and oxygen atoms in total. The summed E-state index contributed by atoms with van der Waals surface area (Å²) in [5.41, 5.74) is 7.00. The van der Waals surface area contributed by atoms with Gasteiger partial charge in [0, 0.05) is 24.7 Å². The summed E-state index contributed by atoms with van der Waals surface area (Å²) >= 11 is 0. The Morgan fingerprint density at radius 1 is 0.933 bits per heavy atom. The number of primary amides is 1. The molecule has 2 aromatic carbocycles. The van der Waals surface area contributed by atoms with Gasteiger partial charge in [0.25, 0.3) is 5.91 Å². The minimum absolute atomic E-state index is 0.168. The lowest BCUT2D eigenvalue weighted by atomic mass is 10.1. The number of amides is 4. The van der Waals surface area contributed by atoms with Crippen LogP contribution in [0.5, 0.6) is 0 Å². The van der Waals surface area contributed by atoms with Crippen LogP contribution in [0.4, 0.5) is 16.2 Å². The Morgan fingerprint density at radius 2 is 1.50 bits per heavy atom. The fourth-order valence-electron chi connectivity index (χ4n) is 2.61. The topological polar surface area (TPSA) is 140 Å². The summed E-state index contributed by atoms with van der Waals surface area (Å²) < 4.78 is 5.22. The average molecular weight is 412 g/mol. The van der Waals surface area contributed by atoms with Gasteiger partial charge in [-0.2, -0.15) is 0 Å². The molecule has 4 amide bonds. The van der Waals surface area contributed by atoms with Gasteiger partial charge in [-0.3, -0.25) is 9.59 Å². The average Bonchev–Trinajstić information content (AvgIpc) is 2.69. The first-order valence-corrected chi connectivity index (χ1v) is 9.23. The van der Waals surface area contributed by atoms with Crippen LogP contribution in [0, 0.1) is 0 Å². The number of anilines is 2. The molecule has 0 aliphatic heterocycles. The maximum Gasteiger partial charge on any atom is 0.329 e. The maximum atomic E-state index is 12.5. The summed E-state index contributed by atoms with van der Waals surface area (Å²) in [7, 11) is 0. The number of rotatable bonds is 8. The number of esters is 1. The number of benzene rings is 2. The number of nitrogens with one attached hydrogen (secondary N) is 3. The highest BCUT2D eigenvalue weighted by molar-refractivity contribution is 5.96. The Bertz CT molecular complexity index is 899. The first-order chi connectivity index (χ1) is 14.2. The zero-order chi connectivity index (χ0) is 22.1. The largest absolute Gasteiger partial charge is 0.451 e. The fraction of sp³-hybridized carbons (Fsp3) is 0.238. The third-order valence-corrected chi connectivity index (χ3v) is 4.02. The van der Waals surface area contributed by atoms with E-state index in [0.29, 0.717) is 11.4 Å². The number of carbonyl (C=O) groups excluding carboxylic acids is 4. The van der Waals surface area contributed by atoms with Crippen molar-refractivity contribution in [2.75, 3.05) is 10.6 Å². The Morgan fingerprint density at radius 3 is 2.03 bits per heavy atom. The molecular weight excluding hydrogens is 388 g/mol. The summed E-state index contributed by atoms with van der Waals surface area (Å²) in [6.45, 7) is 2.81. The predicted molar refractivity (Wildman–Crippen MR) is 112 cm³/mol. The SMILES string of the molecule is CC(=O)Nc1ccc(NC(=O)[C@H](C)OC(=O)[C@H](Cc2ccccc2)NC(N)=O)cc1. The van der Waals surface area contributed by atoms with Crippen molar-refractivity contribution in [3.63, 3.8) is 0 Å². The first-order valence-electron chi connectivity index (χ1n) is 9.23. The highest BCUT2D eigenvalue weighted by atomic mass is 16.5. The second-order valence-corrected chi connectivity index (χ2v) is 6.58. The minimum atomic E-state index is -1.11. The van der Waals surface area contributed by atoms with E-state index in [4.69, 9.17) is 10.5 Å². The van der Waals surface area contributed by atoms with Crippen molar-refractivity contribution in [3.8, 4) is 0 Å². The van der Waals surface area contributed by atoms with Gasteiger partial charge in [-0.05, 0) is 36.8 Å². The summed E-state index contributed by atoms with van der Waals surface area (Å²) in [5.74, 6) is -1.53. The van der Waals surface area contributed by atoms with Crippen LogP contribution in [0.3, 0.4) is 0 Å². The molecule has 0 aliphatic rings. The second-order valence-electron chi connectivity index (χ2n) is 6.58. The van der Waals surface area contributed by atoms with Gasteiger partial charge in [-0.1, -0.05) is 30.3 Å². The molecule has 0 radical (unpaired) electrons. The summed E-state index contributed by atoms with van der Waals surface area (Å²) in [5, 5.41) is 7.57. The van der Waals surface area contributed by atoms with Crippen molar-refractivity contribution in [2.24, 2.45) is 5.73 Å². The Balaban J connectivity index is 1.96. The minimum Gasteiger partial charge on any atom is -0.451 e. The van der Waals surface area contributed by atoms with Gasteiger partial charge in [0.15, 0.2) is 6.10 Å². The van der Waals surface area contributed by atoms with Gasteiger partial charge < -0.3 is 26.4 Å². The molecule has 2 aromatic rings. The summed E-state index contributed by atoms with van der Waals surface area (Å²) in [6.07, 6.45) is -0.942. The van der Waals surface area contributed by atoms with Crippen molar-refractivity contribution in [1.29, 1.82) is 0 Å². The normalized spacial score (nSPS) is 12.2. The quantitative estimate of drug-likeness (QED) is 0.490. The van der Waals surface area contributed by atoms with Crippen LogP contribution in [-0.2, 0) is 25.5 Å². The van der Waals surface area contributed by atoms with E-state index in [1.807, 2.05) is 6.07 Å². The zero-order valence-electron chi connectivity index (χ0n) is 16.7. The van der Waals surface area contributed by atoms with Gasteiger partial charge in [0.1, 0.15) is 6.04 Å². The molecule has 0 aromatic heterocycles. The fourth-order valence-corrected chi connectivity index (χ4v) is 2.61. The number of hydrogen-bond donors (Lipinski definition) is 4. The van der Waals surface area contributed by atoms with Gasteiger partial charge in [-0.25, -0.2) is 9.59 Å². The molecule has 2 rings (SSSR count). The van der Waals surface area contributed by atoms with E-state index < -0.39 is 30.1 Å². The highest BCUT2D eigenvalue weighted by Crippen LogP contribution is 2.14. The second kappa shape index (κ2) is 10.6. The van der Waals surface area contributed by atoms with Crippen LogP contribution in [0.25, 0.3) is 0 Å². The lowest BCUT2D eigenvalue weighted by Gasteiger charge is -2.20. The summed E-state index contributed by atoms with van der Waals surface area (Å²) in [4.78, 5) is 47.1. The van der Waals surface area contributed by atoms with Gasteiger partial charge in [0.05, 0.1) is 0 Å². The van der Waals surface area contributed by atoms with Gasteiger partial charge in [-0.15, -0.1) is 0 Å². The van der Waals surface area contributed by atoms with E-state index in [0.717, 1.165) is 5.56 Å². The van der Waals surface area contributed by atoms with E-state index in [-0.39, 0.29) is 12.3 Å². The first kappa shape index (κ1) is 22.4. The summed E-state index contributed by atoms with van der Waals surface area (Å²) in [6, 6.07) is 13.6. The van der Waals surface area contributed by atoms with Gasteiger partial charge in [0.2, 0.25) is 5.91 Å². The lowest BCUT2D eigenvalue weighted by molar-refractivity contribution is -0.155. The van der Waals surface area contributed by atoms with Gasteiger partial charge >= 0.3 is 12.0 Å². The van der Waals surface area contributed by atoms with Crippen LogP contribution in [0.2, 0.25) is 0 Å². The highest BCUT2D eigenvalue weighted by Gasteiger charge is 2.26. The molecule has 158 valence electrons. The van der Waals surface area contributed by atoms with Crippen LogP contribution in [0.15, 0.2) is 54.6 Å². The monoisotopic (exact) mass is 412 g/mol. The van der Waals surface area contributed by atoms with E-state index >= 15 is 0 Å². The number of ether oxygens (including phenoxy) is 1. The molecule has 0 fully saturated rings. The van der Waals surface area contributed by atoms with Crippen molar-refractivity contribution in [1.82, 2.24) is 5.32 Å².